The average molecular weight is 385 g/mol. The summed E-state index contributed by atoms with van der Waals surface area (Å²) in [6.45, 7) is 17.5. The molecule has 3 fully saturated rings. The van der Waals surface area contributed by atoms with Crippen molar-refractivity contribution in [3.05, 3.63) is 12.7 Å². The summed E-state index contributed by atoms with van der Waals surface area (Å²) < 4.78 is 30.8. The number of hydrogen-bond donors (Lipinski definition) is 0. The highest BCUT2D eigenvalue weighted by Gasteiger charge is 2.66. The lowest BCUT2D eigenvalue weighted by atomic mass is 9.90. The number of carbonyl (C=O) groups is 1. The number of hydrogen-bond acceptors (Lipinski definition) is 6. The van der Waals surface area contributed by atoms with Gasteiger partial charge in [0.1, 0.15) is 18.3 Å². The second-order valence-corrected chi connectivity index (χ2v) is 14.3. The van der Waals surface area contributed by atoms with Gasteiger partial charge in [0.15, 0.2) is 6.29 Å². The summed E-state index contributed by atoms with van der Waals surface area (Å²) in [4.78, 5) is 12.0. The molecule has 3 aliphatic rings. The van der Waals surface area contributed by atoms with Gasteiger partial charge in [-0.05, 0) is 0 Å². The molecule has 26 heavy (non-hydrogen) atoms. The maximum atomic E-state index is 12.0. The normalized spacial score (nSPS) is 36.8. The Kier molecular flexibility index (Phi) is 5.16. The van der Waals surface area contributed by atoms with Gasteiger partial charge in [0.05, 0.1) is 25.6 Å². The van der Waals surface area contributed by atoms with E-state index in [0.717, 1.165) is 0 Å². The Bertz CT molecular complexity index is 549. The van der Waals surface area contributed by atoms with E-state index in [9.17, 15) is 4.79 Å². The van der Waals surface area contributed by atoms with Crippen LogP contribution in [0.5, 0.6) is 0 Å². The molecule has 3 heterocycles. The van der Waals surface area contributed by atoms with Gasteiger partial charge in [-0.2, -0.15) is 0 Å². The molecule has 0 aromatic heterocycles. The minimum atomic E-state index is -2.65. The van der Waals surface area contributed by atoms with Gasteiger partial charge in [0.25, 0.3) is 0 Å². The molecule has 0 aromatic carbocycles. The van der Waals surface area contributed by atoms with Crippen LogP contribution in [0, 0.1) is 5.92 Å². The highest BCUT2D eigenvalue weighted by molar-refractivity contribution is 6.73. The lowest BCUT2D eigenvalue weighted by molar-refractivity contribution is -0.282. The Morgan fingerprint density at radius 2 is 1.85 bits per heavy atom. The Labute approximate surface area is 157 Å². The van der Waals surface area contributed by atoms with Gasteiger partial charge >= 0.3 is 14.5 Å². The van der Waals surface area contributed by atoms with Crippen LogP contribution >= 0.6 is 0 Å². The summed E-state index contributed by atoms with van der Waals surface area (Å²) in [7, 11) is -2.65. The Hall–Kier alpha value is -0.733. The number of esters is 1. The van der Waals surface area contributed by atoms with Crippen molar-refractivity contribution in [1.29, 1.82) is 0 Å². The van der Waals surface area contributed by atoms with Crippen LogP contribution in [0.4, 0.5) is 0 Å². The third kappa shape index (κ3) is 3.18. The zero-order chi connectivity index (χ0) is 19.3. The molecule has 3 rings (SSSR count). The van der Waals surface area contributed by atoms with E-state index in [1.54, 1.807) is 6.08 Å². The molecule has 7 heteroatoms. The van der Waals surface area contributed by atoms with Crippen LogP contribution in [0.25, 0.3) is 0 Å². The van der Waals surface area contributed by atoms with Crippen LogP contribution in [0.1, 0.15) is 48.0 Å². The van der Waals surface area contributed by atoms with Crippen molar-refractivity contribution in [2.24, 2.45) is 5.92 Å². The van der Waals surface area contributed by atoms with Crippen molar-refractivity contribution in [2.75, 3.05) is 13.2 Å². The van der Waals surface area contributed by atoms with Crippen LogP contribution in [0.15, 0.2) is 12.7 Å². The molecular weight excluding hydrogens is 352 g/mol. The van der Waals surface area contributed by atoms with E-state index in [0.29, 0.717) is 19.6 Å². The van der Waals surface area contributed by atoms with Crippen molar-refractivity contribution in [1.82, 2.24) is 0 Å². The maximum absolute atomic E-state index is 12.0. The SMILES string of the molecule is C=CCO[C@H]1O[C@@H]2CO[Si](C(C)(C)C)(C(C)(C)C)O[C@H]2[C@@H]2OC(=O)C[C@H]12. The summed E-state index contributed by atoms with van der Waals surface area (Å²) in [5, 5.41) is -0.269. The molecule has 0 unspecified atom stereocenters. The fraction of sp³-hybridized carbons (Fsp3) is 0.842. The molecule has 0 radical (unpaired) electrons. The van der Waals surface area contributed by atoms with Gasteiger partial charge in [-0.1, -0.05) is 47.6 Å². The van der Waals surface area contributed by atoms with E-state index in [-0.39, 0.29) is 40.3 Å². The molecule has 0 bridgehead atoms. The summed E-state index contributed by atoms with van der Waals surface area (Å²) in [5.74, 6) is -0.376. The zero-order valence-electron chi connectivity index (χ0n) is 16.7. The van der Waals surface area contributed by atoms with Crippen LogP contribution in [-0.2, 0) is 27.9 Å². The number of carbonyl (C=O) groups excluding carboxylic acids is 1. The number of ether oxygens (including phenoxy) is 3. The van der Waals surface area contributed by atoms with Crippen LogP contribution < -0.4 is 0 Å². The van der Waals surface area contributed by atoms with E-state index in [1.165, 1.54) is 0 Å². The van der Waals surface area contributed by atoms with E-state index in [4.69, 9.17) is 23.1 Å². The second-order valence-electron chi connectivity index (χ2n) is 9.50. The Morgan fingerprint density at radius 3 is 2.42 bits per heavy atom. The molecule has 0 amide bonds. The summed E-state index contributed by atoms with van der Waals surface area (Å²) in [6.07, 6.45) is 0.496. The van der Waals surface area contributed by atoms with Crippen molar-refractivity contribution in [3.63, 3.8) is 0 Å². The summed E-state index contributed by atoms with van der Waals surface area (Å²) >= 11 is 0. The predicted octanol–water partition coefficient (Wildman–Crippen LogP) is 3.30. The van der Waals surface area contributed by atoms with Crippen molar-refractivity contribution in [2.45, 2.75) is 82.6 Å². The molecule has 0 spiro atoms. The standard InChI is InChI=1S/C19H32O6Si/c1-8-9-21-17-12-10-14(20)24-15(12)16-13(23-17)11-22-26(25-16,18(2,3)4)19(5,6)7/h8,12-13,15-17H,1,9-11H2,2-7H3/t12-,13+,15+,16+,17-/m0/s1. The lowest BCUT2D eigenvalue weighted by Crippen LogP contribution is -2.70. The second kappa shape index (κ2) is 6.70. The van der Waals surface area contributed by atoms with Gasteiger partial charge < -0.3 is 23.1 Å². The van der Waals surface area contributed by atoms with E-state index < -0.39 is 14.9 Å². The number of rotatable bonds is 3. The third-order valence-corrected chi connectivity index (χ3v) is 10.7. The first-order valence-electron chi connectivity index (χ1n) is 9.39. The lowest BCUT2D eigenvalue weighted by Gasteiger charge is -2.57. The van der Waals surface area contributed by atoms with Crippen LogP contribution in [-0.4, -0.2) is 52.3 Å². The van der Waals surface area contributed by atoms with Crippen LogP contribution in [0.2, 0.25) is 10.1 Å². The first-order valence-corrected chi connectivity index (χ1v) is 11.2. The van der Waals surface area contributed by atoms with Crippen LogP contribution in [0.3, 0.4) is 0 Å². The van der Waals surface area contributed by atoms with Gasteiger partial charge in [-0.3, -0.25) is 4.79 Å². The number of fused-ring (bicyclic) bond motifs is 3. The smallest absolute Gasteiger partial charge is 0.349 e. The monoisotopic (exact) mass is 384 g/mol. The Balaban J connectivity index is 1.90. The van der Waals surface area contributed by atoms with E-state index in [2.05, 4.69) is 48.1 Å². The maximum Gasteiger partial charge on any atom is 0.349 e. The van der Waals surface area contributed by atoms with Gasteiger partial charge in [0, 0.05) is 10.1 Å². The summed E-state index contributed by atoms with van der Waals surface area (Å²) in [6, 6.07) is 0. The molecule has 0 aromatic rings. The van der Waals surface area contributed by atoms with Crippen molar-refractivity contribution in [3.8, 4) is 0 Å². The molecule has 3 saturated heterocycles. The van der Waals surface area contributed by atoms with Gasteiger partial charge in [0.2, 0.25) is 0 Å². The third-order valence-electron chi connectivity index (χ3n) is 5.55. The van der Waals surface area contributed by atoms with E-state index >= 15 is 0 Å². The van der Waals surface area contributed by atoms with Crippen molar-refractivity contribution < 1.29 is 27.9 Å². The molecule has 6 nitrogen and oxygen atoms in total. The molecule has 3 aliphatic heterocycles. The first kappa shape index (κ1) is 20.0. The predicted molar refractivity (Wildman–Crippen MR) is 98.8 cm³/mol. The molecular formula is C19H32O6Si. The average Bonchev–Trinajstić information content (AvgIpc) is 2.92. The fourth-order valence-corrected chi connectivity index (χ4v) is 9.62. The highest BCUT2D eigenvalue weighted by atomic mass is 28.4. The minimum Gasteiger partial charge on any atom is -0.459 e. The van der Waals surface area contributed by atoms with Gasteiger partial charge in [-0.25, -0.2) is 0 Å². The largest absolute Gasteiger partial charge is 0.459 e. The molecule has 0 saturated carbocycles. The van der Waals surface area contributed by atoms with Crippen molar-refractivity contribution >= 4 is 14.5 Å². The molecule has 5 atom stereocenters. The minimum absolute atomic E-state index is 0.134. The zero-order valence-corrected chi connectivity index (χ0v) is 17.7. The summed E-state index contributed by atoms with van der Waals surface area (Å²) in [5.41, 5.74) is 0. The quantitative estimate of drug-likeness (QED) is 0.423. The first-order chi connectivity index (χ1) is 12.0. The molecule has 148 valence electrons. The highest BCUT2D eigenvalue weighted by Crippen LogP contribution is 2.56. The fourth-order valence-electron chi connectivity index (χ4n) is 4.66. The molecule has 0 aliphatic carbocycles. The van der Waals surface area contributed by atoms with Gasteiger partial charge in [-0.15, -0.1) is 6.58 Å². The Morgan fingerprint density at radius 1 is 1.19 bits per heavy atom. The molecule has 0 N–H and O–H groups in total. The van der Waals surface area contributed by atoms with E-state index in [1.807, 2.05) is 0 Å². The topological polar surface area (TPSA) is 63.2 Å².